The highest BCUT2D eigenvalue weighted by Crippen LogP contribution is 2.41. The fourth-order valence-electron chi connectivity index (χ4n) is 2.94. The number of hydrogen-bond acceptors (Lipinski definition) is 5. The third-order valence-corrected chi connectivity index (χ3v) is 4.68. The van der Waals surface area contributed by atoms with Gasteiger partial charge in [-0.3, -0.25) is 4.79 Å². The molecule has 1 aliphatic heterocycles. The Hall–Kier alpha value is -1.85. The highest BCUT2D eigenvalue weighted by Gasteiger charge is 2.40. The summed E-state index contributed by atoms with van der Waals surface area (Å²) in [5.41, 5.74) is 6.12. The van der Waals surface area contributed by atoms with E-state index in [1.54, 1.807) is 0 Å². The van der Waals surface area contributed by atoms with E-state index >= 15 is 0 Å². The van der Waals surface area contributed by atoms with Crippen molar-refractivity contribution in [3.05, 3.63) is 11.4 Å². The number of nitrogens with zero attached hydrogens (tertiary/aromatic N) is 3. The molecule has 2 heterocycles. The summed E-state index contributed by atoms with van der Waals surface area (Å²) in [6, 6.07) is 0. The summed E-state index contributed by atoms with van der Waals surface area (Å²) in [6.45, 7) is 5.41. The molecule has 21 heavy (non-hydrogen) atoms. The van der Waals surface area contributed by atoms with Gasteiger partial charge in [-0.05, 0) is 33.1 Å². The summed E-state index contributed by atoms with van der Waals surface area (Å²) in [5, 5.41) is 3.16. The lowest BCUT2D eigenvalue weighted by molar-refractivity contribution is -0.125. The molecule has 1 saturated heterocycles. The summed E-state index contributed by atoms with van der Waals surface area (Å²) in [5.74, 6) is 3.03. The first-order chi connectivity index (χ1) is 9.94. The predicted molar refractivity (Wildman–Crippen MR) is 82.4 cm³/mol. The van der Waals surface area contributed by atoms with E-state index < -0.39 is 5.41 Å². The normalized spacial score (nSPS) is 25.2. The number of rotatable bonds is 4. The SMILES string of the molecule is CNc1nc(C2CC2)nc(N2CCC(C)(C(N)=O)C2)c1C. The van der Waals surface area contributed by atoms with Gasteiger partial charge < -0.3 is 16.0 Å². The molecule has 0 spiro atoms. The molecule has 0 radical (unpaired) electrons. The number of carbonyl (C=O) groups excluding carboxylic acids is 1. The van der Waals surface area contributed by atoms with Crippen molar-refractivity contribution >= 4 is 17.5 Å². The van der Waals surface area contributed by atoms with E-state index in [1.807, 2.05) is 20.9 Å². The maximum atomic E-state index is 11.6. The Morgan fingerprint density at radius 2 is 2.14 bits per heavy atom. The minimum Gasteiger partial charge on any atom is -0.373 e. The summed E-state index contributed by atoms with van der Waals surface area (Å²) < 4.78 is 0. The first kappa shape index (κ1) is 14.1. The van der Waals surface area contributed by atoms with Crippen molar-refractivity contribution < 1.29 is 4.79 Å². The van der Waals surface area contributed by atoms with E-state index in [2.05, 4.69) is 15.2 Å². The van der Waals surface area contributed by atoms with E-state index in [0.717, 1.165) is 36.0 Å². The van der Waals surface area contributed by atoms with Crippen LogP contribution in [0.15, 0.2) is 0 Å². The monoisotopic (exact) mass is 289 g/mol. The Bertz CT molecular complexity index is 584. The summed E-state index contributed by atoms with van der Waals surface area (Å²) >= 11 is 0. The molecular formula is C15H23N5O. The van der Waals surface area contributed by atoms with Crippen LogP contribution in [0.2, 0.25) is 0 Å². The molecule has 6 heteroatoms. The van der Waals surface area contributed by atoms with E-state index in [0.29, 0.717) is 12.5 Å². The molecule has 0 aromatic carbocycles. The van der Waals surface area contributed by atoms with Gasteiger partial charge in [0.15, 0.2) is 0 Å². The van der Waals surface area contributed by atoms with Crippen molar-refractivity contribution in [2.45, 2.75) is 39.0 Å². The number of amides is 1. The Balaban J connectivity index is 1.95. The smallest absolute Gasteiger partial charge is 0.225 e. The number of nitrogens with one attached hydrogen (secondary N) is 1. The summed E-state index contributed by atoms with van der Waals surface area (Å²) in [6.07, 6.45) is 3.12. The molecule has 1 amide bonds. The van der Waals surface area contributed by atoms with Crippen molar-refractivity contribution in [1.29, 1.82) is 0 Å². The van der Waals surface area contributed by atoms with Crippen LogP contribution in [0.3, 0.4) is 0 Å². The van der Waals surface area contributed by atoms with Gasteiger partial charge in [-0.25, -0.2) is 9.97 Å². The Morgan fingerprint density at radius 3 is 2.67 bits per heavy atom. The number of carbonyl (C=O) groups is 1. The topological polar surface area (TPSA) is 84.1 Å². The number of aromatic nitrogens is 2. The van der Waals surface area contributed by atoms with E-state index in [-0.39, 0.29) is 5.91 Å². The van der Waals surface area contributed by atoms with Crippen LogP contribution in [0.25, 0.3) is 0 Å². The molecule has 1 unspecified atom stereocenters. The second-order valence-electron chi connectivity index (χ2n) is 6.50. The second-order valence-corrected chi connectivity index (χ2v) is 6.50. The van der Waals surface area contributed by atoms with E-state index in [1.165, 1.54) is 12.8 Å². The second kappa shape index (κ2) is 4.86. The lowest BCUT2D eigenvalue weighted by atomic mass is 9.89. The van der Waals surface area contributed by atoms with Gasteiger partial charge in [0.2, 0.25) is 5.91 Å². The van der Waals surface area contributed by atoms with Crippen molar-refractivity contribution in [1.82, 2.24) is 9.97 Å². The van der Waals surface area contributed by atoms with Gasteiger partial charge in [-0.2, -0.15) is 0 Å². The largest absolute Gasteiger partial charge is 0.373 e. The van der Waals surface area contributed by atoms with Crippen LogP contribution < -0.4 is 16.0 Å². The molecule has 0 bridgehead atoms. The summed E-state index contributed by atoms with van der Waals surface area (Å²) in [7, 11) is 1.88. The first-order valence-electron chi connectivity index (χ1n) is 7.56. The highest BCUT2D eigenvalue weighted by atomic mass is 16.1. The quantitative estimate of drug-likeness (QED) is 0.875. The molecule has 1 aliphatic carbocycles. The molecule has 2 aliphatic rings. The van der Waals surface area contributed by atoms with Crippen molar-refractivity contribution in [3.8, 4) is 0 Å². The average molecular weight is 289 g/mol. The van der Waals surface area contributed by atoms with Crippen molar-refractivity contribution in [3.63, 3.8) is 0 Å². The van der Waals surface area contributed by atoms with Crippen LogP contribution in [0.1, 0.15) is 43.5 Å². The van der Waals surface area contributed by atoms with Gasteiger partial charge >= 0.3 is 0 Å². The van der Waals surface area contributed by atoms with Gasteiger partial charge in [-0.15, -0.1) is 0 Å². The van der Waals surface area contributed by atoms with Gasteiger partial charge in [0.05, 0.1) is 5.41 Å². The molecule has 1 aromatic rings. The Kier molecular flexibility index (Phi) is 3.26. The number of primary amides is 1. The molecule has 2 fully saturated rings. The minimum absolute atomic E-state index is 0.229. The zero-order chi connectivity index (χ0) is 15.2. The third-order valence-electron chi connectivity index (χ3n) is 4.68. The minimum atomic E-state index is -0.461. The summed E-state index contributed by atoms with van der Waals surface area (Å²) in [4.78, 5) is 23.2. The lowest BCUT2D eigenvalue weighted by Gasteiger charge is -2.24. The molecule has 3 rings (SSSR count). The van der Waals surface area contributed by atoms with E-state index in [9.17, 15) is 4.79 Å². The third kappa shape index (κ3) is 2.43. The maximum absolute atomic E-state index is 11.6. The van der Waals surface area contributed by atoms with Crippen LogP contribution in [0, 0.1) is 12.3 Å². The van der Waals surface area contributed by atoms with Crippen LogP contribution in [0.4, 0.5) is 11.6 Å². The first-order valence-corrected chi connectivity index (χ1v) is 7.56. The molecular weight excluding hydrogens is 266 g/mol. The molecule has 3 N–H and O–H groups in total. The fourth-order valence-corrected chi connectivity index (χ4v) is 2.94. The predicted octanol–water partition coefficient (Wildman–Crippen LogP) is 1.41. The molecule has 1 atom stereocenters. The van der Waals surface area contributed by atoms with Gasteiger partial charge in [0, 0.05) is 31.6 Å². The maximum Gasteiger partial charge on any atom is 0.225 e. The van der Waals surface area contributed by atoms with Crippen molar-refractivity contribution in [2.24, 2.45) is 11.1 Å². The average Bonchev–Trinajstić information content (AvgIpc) is 3.22. The molecule has 1 saturated carbocycles. The highest BCUT2D eigenvalue weighted by molar-refractivity contribution is 5.82. The van der Waals surface area contributed by atoms with Crippen LogP contribution >= 0.6 is 0 Å². The molecule has 6 nitrogen and oxygen atoms in total. The fraction of sp³-hybridized carbons (Fsp3) is 0.667. The van der Waals surface area contributed by atoms with Crippen LogP contribution in [-0.2, 0) is 4.79 Å². The van der Waals surface area contributed by atoms with Gasteiger partial charge in [0.25, 0.3) is 0 Å². The van der Waals surface area contributed by atoms with Crippen LogP contribution in [0.5, 0.6) is 0 Å². The van der Waals surface area contributed by atoms with Gasteiger partial charge in [0.1, 0.15) is 17.5 Å². The molecule has 114 valence electrons. The number of anilines is 2. The zero-order valence-corrected chi connectivity index (χ0v) is 12.9. The Labute approximate surface area is 125 Å². The number of nitrogens with two attached hydrogens (primary N) is 1. The molecule has 1 aromatic heterocycles. The number of hydrogen-bond donors (Lipinski definition) is 2. The van der Waals surface area contributed by atoms with Crippen molar-refractivity contribution in [2.75, 3.05) is 30.4 Å². The van der Waals surface area contributed by atoms with E-state index in [4.69, 9.17) is 10.7 Å². The Morgan fingerprint density at radius 1 is 1.43 bits per heavy atom. The lowest BCUT2D eigenvalue weighted by Crippen LogP contribution is -2.37. The van der Waals surface area contributed by atoms with Crippen LogP contribution in [-0.4, -0.2) is 36.0 Å². The van der Waals surface area contributed by atoms with Gasteiger partial charge in [-0.1, -0.05) is 0 Å². The zero-order valence-electron chi connectivity index (χ0n) is 12.9. The standard InChI is InChI=1S/C15H23N5O/c1-9-11(17-3)18-12(10-4-5-10)19-13(9)20-7-6-15(2,8-20)14(16)21/h10H,4-8H2,1-3H3,(H2,16,21)(H,17,18,19).